The van der Waals surface area contributed by atoms with Gasteiger partial charge in [0.05, 0.1) is 0 Å². The van der Waals surface area contributed by atoms with Crippen LogP contribution in [0.5, 0.6) is 0 Å². The maximum absolute atomic E-state index is 5.37. The number of hydrogen-bond acceptors (Lipinski definition) is 6. The molecule has 0 spiro atoms. The molecule has 0 aliphatic carbocycles. The molecule has 0 atom stereocenters. The van der Waals surface area contributed by atoms with E-state index in [1.165, 1.54) is 44.5 Å². The smallest absolute Gasteiger partial charge is 0.164 e. The average Bonchev–Trinajstić information content (AvgIpc) is 3.28. The highest BCUT2D eigenvalue weighted by molar-refractivity contribution is 5.73. The molecule has 0 bridgehead atoms. The van der Waals surface area contributed by atoms with E-state index in [-0.39, 0.29) is 43.3 Å². The normalized spacial score (nSPS) is 13.4. The van der Waals surface area contributed by atoms with Gasteiger partial charge in [-0.2, -0.15) is 0 Å². The Morgan fingerprint density at radius 1 is 0.176 bits per heavy atom. The fourth-order valence-electron chi connectivity index (χ4n) is 8.79. The Kier molecular flexibility index (Phi) is 14.4. The van der Waals surface area contributed by atoms with Gasteiger partial charge in [0.1, 0.15) is 0 Å². The molecule has 6 nitrogen and oxygen atoms in total. The molecule has 0 saturated carbocycles. The van der Waals surface area contributed by atoms with E-state index in [1.807, 2.05) is 0 Å². The van der Waals surface area contributed by atoms with Crippen molar-refractivity contribution in [2.75, 3.05) is 0 Å². The number of aromatic nitrogens is 6. The summed E-state index contributed by atoms with van der Waals surface area (Å²) in [6.07, 6.45) is 0. The van der Waals surface area contributed by atoms with Crippen LogP contribution in [0.1, 0.15) is 211 Å². The lowest BCUT2D eigenvalue weighted by Gasteiger charge is -2.26. The van der Waals surface area contributed by atoms with Crippen molar-refractivity contribution < 1.29 is 0 Å². The van der Waals surface area contributed by atoms with Crippen molar-refractivity contribution in [2.24, 2.45) is 0 Å². The molecular weight excluding hydrogens is 901 g/mol. The van der Waals surface area contributed by atoms with E-state index < -0.39 is 0 Å². The molecule has 390 valence electrons. The summed E-state index contributed by atoms with van der Waals surface area (Å²) in [5.41, 5.74) is 14.9. The van der Waals surface area contributed by atoms with Gasteiger partial charge in [0.15, 0.2) is 34.9 Å². The summed E-state index contributed by atoms with van der Waals surface area (Å²) in [7, 11) is 0. The van der Waals surface area contributed by atoms with Crippen molar-refractivity contribution in [1.29, 1.82) is 0 Å². The second kappa shape index (κ2) is 19.0. The minimum Gasteiger partial charge on any atom is -0.208 e. The number of benzene rings is 5. The van der Waals surface area contributed by atoms with Gasteiger partial charge in [-0.1, -0.05) is 215 Å². The second-order valence-electron chi connectivity index (χ2n) is 29.4. The van der Waals surface area contributed by atoms with Crippen LogP contribution in [0.3, 0.4) is 0 Å². The van der Waals surface area contributed by atoms with Gasteiger partial charge in [-0.25, -0.2) is 29.9 Å². The maximum Gasteiger partial charge on any atom is 0.164 e. The molecule has 74 heavy (non-hydrogen) atoms. The highest BCUT2D eigenvalue weighted by Gasteiger charge is 2.28. The van der Waals surface area contributed by atoms with Gasteiger partial charge >= 0.3 is 0 Å². The summed E-state index contributed by atoms with van der Waals surface area (Å²) in [6, 6.07) is 36.0. The van der Waals surface area contributed by atoms with Gasteiger partial charge < -0.3 is 0 Å². The molecular formula is C68H88N6. The van der Waals surface area contributed by atoms with Crippen LogP contribution < -0.4 is 0 Å². The molecule has 5 aromatic carbocycles. The quantitative estimate of drug-likeness (QED) is 0.165. The molecule has 2 aromatic heterocycles. The topological polar surface area (TPSA) is 77.3 Å². The summed E-state index contributed by atoms with van der Waals surface area (Å²) in [6.45, 7) is 54.5. The van der Waals surface area contributed by atoms with Crippen LogP contribution in [-0.2, 0) is 43.3 Å². The van der Waals surface area contributed by atoms with Crippen molar-refractivity contribution in [3.05, 3.63) is 142 Å². The lowest BCUT2D eigenvalue weighted by Crippen LogP contribution is -2.17. The zero-order valence-electron chi connectivity index (χ0n) is 49.9. The third kappa shape index (κ3) is 12.8. The lowest BCUT2D eigenvalue weighted by atomic mass is 9.79. The number of nitrogens with zero attached hydrogens (tertiary/aromatic N) is 6. The van der Waals surface area contributed by atoms with Gasteiger partial charge in [-0.3, -0.25) is 0 Å². The van der Waals surface area contributed by atoms with E-state index in [2.05, 4.69) is 263 Å². The molecule has 0 saturated heterocycles. The third-order valence-corrected chi connectivity index (χ3v) is 14.4. The summed E-state index contributed by atoms with van der Waals surface area (Å²) >= 11 is 0. The Balaban J connectivity index is 1.48. The van der Waals surface area contributed by atoms with Crippen LogP contribution >= 0.6 is 0 Å². The van der Waals surface area contributed by atoms with Crippen LogP contribution in [0.15, 0.2) is 97.1 Å². The molecule has 0 aliphatic heterocycles. The van der Waals surface area contributed by atoms with Crippen molar-refractivity contribution >= 4 is 0 Å². The van der Waals surface area contributed by atoms with Crippen molar-refractivity contribution in [1.82, 2.24) is 29.9 Å². The summed E-state index contributed by atoms with van der Waals surface area (Å²) in [4.78, 5) is 32.1. The zero-order valence-corrected chi connectivity index (χ0v) is 49.9. The SMILES string of the molecule is CC(C)(C)c1cc(-c2nc(-c3ccc(-c4nc(-c5cc(C(C)(C)C)cc(C(C)(C)C)c5)nc(-c5cc(C(C)(C)C)cc(C(C)(C)C)c5)n4)cc3)nc(-c3cc(C(C)(C)C)cc(C(C)(C)C)c3)n2)cc(C(C)(C)C)c1. The molecule has 0 N–H and O–H groups in total. The van der Waals surface area contributed by atoms with E-state index in [0.29, 0.717) is 34.9 Å². The summed E-state index contributed by atoms with van der Waals surface area (Å²) in [5.74, 6) is 3.80. The molecule has 7 aromatic rings. The summed E-state index contributed by atoms with van der Waals surface area (Å²) in [5, 5.41) is 0. The molecule has 0 fully saturated rings. The first-order chi connectivity index (χ1) is 33.6. The predicted octanol–water partition coefficient (Wildman–Crippen LogP) is 18.4. The van der Waals surface area contributed by atoms with E-state index in [0.717, 1.165) is 33.4 Å². The van der Waals surface area contributed by atoms with Gasteiger partial charge in [0.25, 0.3) is 0 Å². The van der Waals surface area contributed by atoms with Crippen LogP contribution in [-0.4, -0.2) is 29.9 Å². The molecule has 6 heteroatoms. The number of rotatable bonds is 6. The minimum absolute atomic E-state index is 0.0868. The Labute approximate surface area is 447 Å². The Morgan fingerprint density at radius 2 is 0.297 bits per heavy atom. The first-order valence-electron chi connectivity index (χ1n) is 26.9. The van der Waals surface area contributed by atoms with Crippen LogP contribution in [0.2, 0.25) is 0 Å². The van der Waals surface area contributed by atoms with Gasteiger partial charge in [-0.15, -0.1) is 0 Å². The summed E-state index contributed by atoms with van der Waals surface area (Å²) < 4.78 is 0. The van der Waals surface area contributed by atoms with E-state index in [9.17, 15) is 0 Å². The first kappa shape index (κ1) is 55.9. The second-order valence-corrected chi connectivity index (χ2v) is 29.4. The fourth-order valence-corrected chi connectivity index (χ4v) is 8.79. The Bertz CT molecular complexity index is 2670. The highest BCUT2D eigenvalue weighted by Crippen LogP contribution is 2.40. The Hall–Kier alpha value is -5.88. The molecule has 7 rings (SSSR count). The standard InChI is InChI=1S/C68H88N6/c1-61(2,3)47-29-43(30-48(37-47)62(4,5)6)57-69-55(70-58(73-57)44-31-49(63(7,8)9)38-50(32-44)64(10,11)12)41-25-27-42(28-26-41)56-71-59(45-33-51(65(13,14)15)39-52(34-45)66(16,17)18)74-60(72-56)46-35-53(67(19,20)21)40-54(36-46)68(22,23)24/h25-40H,1-24H3. The van der Waals surface area contributed by atoms with Gasteiger partial charge in [-0.05, 0) is 136 Å². The number of hydrogen-bond donors (Lipinski definition) is 0. The third-order valence-electron chi connectivity index (χ3n) is 14.4. The van der Waals surface area contributed by atoms with Crippen molar-refractivity contribution in [2.45, 2.75) is 209 Å². The maximum atomic E-state index is 5.37. The minimum atomic E-state index is -0.0868. The van der Waals surface area contributed by atoms with E-state index >= 15 is 0 Å². The molecule has 0 aliphatic rings. The highest BCUT2D eigenvalue weighted by atomic mass is 15.0. The van der Waals surface area contributed by atoms with Crippen LogP contribution in [0, 0.1) is 0 Å². The molecule has 0 amide bonds. The zero-order chi connectivity index (χ0) is 55.1. The van der Waals surface area contributed by atoms with Gasteiger partial charge in [0, 0.05) is 33.4 Å². The van der Waals surface area contributed by atoms with Crippen LogP contribution in [0.4, 0.5) is 0 Å². The largest absolute Gasteiger partial charge is 0.208 e. The first-order valence-corrected chi connectivity index (χ1v) is 26.9. The van der Waals surface area contributed by atoms with E-state index in [4.69, 9.17) is 29.9 Å². The van der Waals surface area contributed by atoms with Crippen molar-refractivity contribution in [3.8, 4) is 68.3 Å². The molecule has 0 unspecified atom stereocenters. The molecule has 0 radical (unpaired) electrons. The predicted molar refractivity (Wildman–Crippen MR) is 315 cm³/mol. The van der Waals surface area contributed by atoms with E-state index in [1.54, 1.807) is 0 Å². The lowest BCUT2D eigenvalue weighted by molar-refractivity contribution is 0.568. The average molecular weight is 989 g/mol. The molecule has 2 heterocycles. The van der Waals surface area contributed by atoms with Crippen LogP contribution in [0.25, 0.3) is 68.3 Å². The Morgan fingerprint density at radius 3 is 0.419 bits per heavy atom. The van der Waals surface area contributed by atoms with Crippen molar-refractivity contribution in [3.63, 3.8) is 0 Å². The van der Waals surface area contributed by atoms with Gasteiger partial charge in [0.2, 0.25) is 0 Å². The monoisotopic (exact) mass is 989 g/mol. The fraction of sp³-hybridized carbons (Fsp3) is 0.471.